The summed E-state index contributed by atoms with van der Waals surface area (Å²) in [6, 6.07) is -0.988. The van der Waals surface area contributed by atoms with Crippen LogP contribution in [0.1, 0.15) is 25.5 Å². The standard InChI is InChI=1S/C20H23N5O7S2/c1-3-5-6-31-12(26)7-32-24-13(11-9-34-20(21)22-11)16(27)23-14-17(28)25-15(19(29)30)10(4-2)8-33-18(14)25/h4,9,14,18H,2-3,5-8H2,1H3,(H2,21,22)(H,23,27)(H,29,30)/b24-13-/t14-,18-/m1/s1. The zero-order valence-electron chi connectivity index (χ0n) is 18.2. The van der Waals surface area contributed by atoms with Crippen molar-refractivity contribution in [3.05, 3.63) is 35.0 Å². The number of nitrogens with two attached hydrogens (primary N) is 1. The van der Waals surface area contributed by atoms with Crippen LogP contribution in [0.2, 0.25) is 0 Å². The molecule has 0 aromatic carbocycles. The highest BCUT2D eigenvalue weighted by atomic mass is 32.2. The molecule has 1 aromatic rings. The van der Waals surface area contributed by atoms with E-state index in [0.717, 1.165) is 22.7 Å². The van der Waals surface area contributed by atoms with E-state index in [1.807, 2.05) is 6.92 Å². The molecule has 0 unspecified atom stereocenters. The summed E-state index contributed by atoms with van der Waals surface area (Å²) in [6.07, 6.45) is 2.96. The Morgan fingerprint density at radius 2 is 2.24 bits per heavy atom. The number of carbonyl (C=O) groups excluding carboxylic acids is 3. The van der Waals surface area contributed by atoms with Crippen molar-refractivity contribution in [1.82, 2.24) is 15.2 Å². The summed E-state index contributed by atoms with van der Waals surface area (Å²) < 4.78 is 4.97. The predicted octanol–water partition coefficient (Wildman–Crippen LogP) is 0.714. The highest BCUT2D eigenvalue weighted by Crippen LogP contribution is 2.40. The Morgan fingerprint density at radius 1 is 1.47 bits per heavy atom. The molecule has 0 spiro atoms. The van der Waals surface area contributed by atoms with Gasteiger partial charge in [-0.25, -0.2) is 14.6 Å². The Morgan fingerprint density at radius 3 is 2.85 bits per heavy atom. The summed E-state index contributed by atoms with van der Waals surface area (Å²) in [6.45, 7) is 5.27. The number of carbonyl (C=O) groups is 4. The normalized spacial score (nSPS) is 19.7. The number of nitrogens with zero attached hydrogens (tertiary/aromatic N) is 3. The molecule has 182 valence electrons. The van der Waals surface area contributed by atoms with Gasteiger partial charge in [0, 0.05) is 11.1 Å². The van der Waals surface area contributed by atoms with Crippen LogP contribution < -0.4 is 11.1 Å². The maximum atomic E-state index is 13.0. The Kier molecular flexibility index (Phi) is 8.28. The summed E-state index contributed by atoms with van der Waals surface area (Å²) in [5, 5.41) is 16.8. The number of thiazole rings is 1. The number of rotatable bonds is 11. The van der Waals surface area contributed by atoms with Gasteiger partial charge in [0.15, 0.2) is 10.8 Å². The summed E-state index contributed by atoms with van der Waals surface area (Å²) in [5.74, 6) is -2.96. The van der Waals surface area contributed by atoms with Crippen LogP contribution in [0.25, 0.3) is 0 Å². The van der Waals surface area contributed by atoms with Crippen LogP contribution >= 0.6 is 23.1 Å². The predicted molar refractivity (Wildman–Crippen MR) is 125 cm³/mol. The molecule has 2 amide bonds. The Bertz CT molecular complexity index is 1070. The lowest BCUT2D eigenvalue weighted by Gasteiger charge is -2.49. The van der Waals surface area contributed by atoms with E-state index in [2.05, 4.69) is 22.0 Å². The molecule has 3 rings (SSSR count). The number of nitrogens with one attached hydrogen (secondary N) is 1. The van der Waals surface area contributed by atoms with Crippen LogP contribution in [-0.2, 0) is 28.8 Å². The third-order valence-electron chi connectivity index (χ3n) is 4.81. The number of esters is 1. The number of oxime groups is 1. The number of β-lactam (4-membered cyclic amide) rings is 1. The van der Waals surface area contributed by atoms with Crippen molar-refractivity contribution >= 4 is 57.7 Å². The molecule has 2 aliphatic rings. The monoisotopic (exact) mass is 509 g/mol. The van der Waals surface area contributed by atoms with Crippen LogP contribution in [0.5, 0.6) is 0 Å². The molecule has 2 atom stereocenters. The van der Waals surface area contributed by atoms with Crippen molar-refractivity contribution in [2.45, 2.75) is 31.2 Å². The quantitative estimate of drug-likeness (QED) is 0.127. The number of carboxylic acid groups (broad SMARTS) is 1. The van der Waals surface area contributed by atoms with Crippen molar-refractivity contribution in [3.8, 4) is 0 Å². The average molecular weight is 510 g/mol. The van der Waals surface area contributed by atoms with Gasteiger partial charge in [0.2, 0.25) is 6.61 Å². The molecule has 2 aliphatic heterocycles. The Labute approximate surface area is 202 Å². The topological polar surface area (TPSA) is 174 Å². The second kappa shape index (κ2) is 11.2. The first-order chi connectivity index (χ1) is 16.3. The van der Waals surface area contributed by atoms with E-state index in [1.165, 1.54) is 23.2 Å². The van der Waals surface area contributed by atoms with Gasteiger partial charge in [0.25, 0.3) is 11.8 Å². The molecule has 14 heteroatoms. The smallest absolute Gasteiger partial charge is 0.352 e. The summed E-state index contributed by atoms with van der Waals surface area (Å²) in [5.41, 5.74) is 5.73. The fraction of sp³-hybridized carbons (Fsp3) is 0.400. The number of hydrogen-bond donors (Lipinski definition) is 3. The van der Waals surface area contributed by atoms with Crippen LogP contribution in [0.15, 0.2) is 34.5 Å². The van der Waals surface area contributed by atoms with Crippen LogP contribution in [0.3, 0.4) is 0 Å². The lowest BCUT2D eigenvalue weighted by Crippen LogP contribution is -2.71. The second-order valence-electron chi connectivity index (χ2n) is 7.10. The summed E-state index contributed by atoms with van der Waals surface area (Å²) in [7, 11) is 0. The van der Waals surface area contributed by atoms with E-state index in [-0.39, 0.29) is 28.8 Å². The maximum Gasteiger partial charge on any atom is 0.352 e. The molecular weight excluding hydrogens is 486 g/mol. The number of unbranched alkanes of at least 4 members (excludes halogenated alkanes) is 1. The molecule has 1 saturated heterocycles. The maximum absolute atomic E-state index is 13.0. The van der Waals surface area contributed by atoms with Crippen LogP contribution in [-0.4, -0.2) is 74.8 Å². The van der Waals surface area contributed by atoms with Gasteiger partial charge < -0.3 is 25.7 Å². The fourth-order valence-electron chi connectivity index (χ4n) is 3.13. The lowest BCUT2D eigenvalue weighted by atomic mass is 10.0. The zero-order chi connectivity index (χ0) is 24.8. The van der Waals surface area contributed by atoms with Crippen molar-refractivity contribution in [1.29, 1.82) is 0 Å². The van der Waals surface area contributed by atoms with Crippen molar-refractivity contribution < 1.29 is 33.9 Å². The molecule has 4 N–H and O–H groups in total. The van der Waals surface area contributed by atoms with Crippen molar-refractivity contribution in [2.75, 3.05) is 24.7 Å². The molecule has 0 radical (unpaired) electrons. The molecule has 0 saturated carbocycles. The number of thioether (sulfide) groups is 1. The van der Waals surface area contributed by atoms with Crippen molar-refractivity contribution in [2.24, 2.45) is 5.16 Å². The molecule has 1 aromatic heterocycles. The van der Waals surface area contributed by atoms with Gasteiger partial charge in [-0.15, -0.1) is 23.1 Å². The number of aliphatic carboxylic acids is 1. The van der Waals surface area contributed by atoms with Gasteiger partial charge >= 0.3 is 11.9 Å². The lowest BCUT2D eigenvalue weighted by molar-refractivity contribution is -0.150. The Hall–Kier alpha value is -3.39. The third kappa shape index (κ3) is 5.39. The van der Waals surface area contributed by atoms with Crippen LogP contribution in [0, 0.1) is 0 Å². The van der Waals surface area contributed by atoms with E-state index in [0.29, 0.717) is 17.7 Å². The largest absolute Gasteiger partial charge is 0.477 e. The molecule has 0 aliphatic carbocycles. The fourth-order valence-corrected chi connectivity index (χ4v) is 5.02. The number of amides is 2. The van der Waals surface area contributed by atoms with E-state index >= 15 is 0 Å². The highest BCUT2D eigenvalue weighted by molar-refractivity contribution is 8.00. The minimum atomic E-state index is -1.25. The molecule has 1 fully saturated rings. The number of fused-ring (bicyclic) bond motifs is 1. The van der Waals surface area contributed by atoms with E-state index < -0.39 is 41.8 Å². The average Bonchev–Trinajstić information content (AvgIpc) is 3.24. The first-order valence-corrected chi connectivity index (χ1v) is 12.1. The van der Waals surface area contributed by atoms with Gasteiger partial charge in [0.1, 0.15) is 22.8 Å². The number of anilines is 1. The Balaban J connectivity index is 1.71. The van der Waals surface area contributed by atoms with E-state index in [1.54, 1.807) is 0 Å². The minimum absolute atomic E-state index is 0.0966. The number of hydrogen-bond acceptors (Lipinski definition) is 11. The van der Waals surface area contributed by atoms with Gasteiger partial charge in [-0.2, -0.15) is 0 Å². The molecule has 3 heterocycles. The molecule has 0 bridgehead atoms. The van der Waals surface area contributed by atoms with Gasteiger partial charge in [0.05, 0.1) is 6.61 Å². The second-order valence-corrected chi connectivity index (χ2v) is 9.10. The molecule has 34 heavy (non-hydrogen) atoms. The van der Waals surface area contributed by atoms with E-state index in [4.69, 9.17) is 15.3 Å². The van der Waals surface area contributed by atoms with Crippen molar-refractivity contribution in [3.63, 3.8) is 0 Å². The minimum Gasteiger partial charge on any atom is -0.477 e. The highest BCUT2D eigenvalue weighted by Gasteiger charge is 2.54. The van der Waals surface area contributed by atoms with Crippen LogP contribution in [0.4, 0.5) is 5.13 Å². The summed E-state index contributed by atoms with van der Waals surface area (Å²) in [4.78, 5) is 59.2. The zero-order valence-corrected chi connectivity index (χ0v) is 19.8. The SMILES string of the molecule is C=CC1=C(C(=O)O)N2C(=O)[C@@H](NC(=O)/C(=N\OCC(=O)OCCCC)c3csc(N)n3)[C@H]2SC1. The van der Waals surface area contributed by atoms with Gasteiger partial charge in [-0.1, -0.05) is 31.2 Å². The third-order valence-corrected chi connectivity index (χ3v) is 6.79. The molecular formula is C20H23N5O7S2. The summed E-state index contributed by atoms with van der Waals surface area (Å²) >= 11 is 2.36. The van der Waals surface area contributed by atoms with Gasteiger partial charge in [-0.3, -0.25) is 14.5 Å². The first-order valence-electron chi connectivity index (χ1n) is 10.2. The number of allylic oxidation sites excluding steroid dienone is 1. The first kappa shape index (κ1) is 25.2. The number of ether oxygens (including phenoxy) is 1. The van der Waals surface area contributed by atoms with E-state index in [9.17, 15) is 24.3 Å². The molecule has 12 nitrogen and oxygen atoms in total. The van der Waals surface area contributed by atoms with Gasteiger partial charge in [-0.05, 0) is 12.0 Å². The number of carboxylic acids is 1. The number of nitrogen functional groups attached to an aromatic ring is 1. The number of aromatic nitrogens is 1.